The molecule has 0 radical (unpaired) electrons. The molecule has 0 aliphatic carbocycles. The molecule has 0 heterocycles. The lowest BCUT2D eigenvalue weighted by Crippen LogP contribution is -2.30. The van der Waals surface area contributed by atoms with Gasteiger partial charge in [0.05, 0.1) is 5.02 Å². The lowest BCUT2D eigenvalue weighted by molar-refractivity contribution is -0.153. The van der Waals surface area contributed by atoms with E-state index in [9.17, 15) is 9.59 Å². The van der Waals surface area contributed by atoms with E-state index >= 15 is 0 Å². The standard InChI is InChI=1S/C19H19Cl2NO4/c1-3-13-6-4-5-7-16(13)22-18(23)11-25-19(24)12(2)26-17-9-8-14(20)10-15(17)21/h4-10,12H,3,11H2,1-2H3,(H,22,23)/t12-/m0/s1. The van der Waals surface area contributed by atoms with Gasteiger partial charge in [-0.25, -0.2) is 4.79 Å². The van der Waals surface area contributed by atoms with Crippen LogP contribution in [0.3, 0.4) is 0 Å². The number of carbonyl (C=O) groups excluding carboxylic acids is 2. The maximum Gasteiger partial charge on any atom is 0.347 e. The first kappa shape index (κ1) is 20.1. The van der Waals surface area contributed by atoms with Gasteiger partial charge in [0.1, 0.15) is 5.75 Å². The van der Waals surface area contributed by atoms with Crippen LogP contribution in [-0.4, -0.2) is 24.6 Å². The van der Waals surface area contributed by atoms with Crippen molar-refractivity contribution in [2.75, 3.05) is 11.9 Å². The number of para-hydroxylation sites is 1. The van der Waals surface area contributed by atoms with E-state index in [1.807, 2.05) is 25.1 Å². The van der Waals surface area contributed by atoms with Gasteiger partial charge in [0.15, 0.2) is 12.7 Å². The molecule has 26 heavy (non-hydrogen) atoms. The van der Waals surface area contributed by atoms with E-state index in [1.54, 1.807) is 18.2 Å². The minimum atomic E-state index is -0.926. The molecule has 0 aliphatic rings. The Labute approximate surface area is 162 Å². The molecule has 2 rings (SSSR count). The number of hydrogen-bond donors (Lipinski definition) is 1. The Hall–Kier alpha value is -2.24. The molecule has 0 aromatic heterocycles. The number of esters is 1. The van der Waals surface area contributed by atoms with Crippen molar-refractivity contribution in [3.63, 3.8) is 0 Å². The van der Waals surface area contributed by atoms with Gasteiger partial charge in [0.2, 0.25) is 0 Å². The van der Waals surface area contributed by atoms with Crippen LogP contribution in [0.1, 0.15) is 19.4 Å². The molecule has 1 N–H and O–H groups in total. The number of anilines is 1. The van der Waals surface area contributed by atoms with Crippen molar-refractivity contribution in [2.45, 2.75) is 26.4 Å². The normalized spacial score (nSPS) is 11.5. The summed E-state index contributed by atoms with van der Waals surface area (Å²) in [5, 5.41) is 3.47. The fourth-order valence-corrected chi connectivity index (χ4v) is 2.65. The van der Waals surface area contributed by atoms with E-state index in [0.29, 0.717) is 16.5 Å². The highest BCUT2D eigenvalue weighted by molar-refractivity contribution is 6.35. The Kier molecular flexibility index (Phi) is 7.30. The Bertz CT molecular complexity index is 795. The number of benzene rings is 2. The van der Waals surface area contributed by atoms with Crippen LogP contribution < -0.4 is 10.1 Å². The number of aryl methyl sites for hydroxylation is 1. The largest absolute Gasteiger partial charge is 0.477 e. The molecule has 5 nitrogen and oxygen atoms in total. The van der Waals surface area contributed by atoms with E-state index in [2.05, 4.69) is 5.32 Å². The SMILES string of the molecule is CCc1ccccc1NC(=O)COC(=O)[C@H](C)Oc1ccc(Cl)cc1Cl. The number of nitrogens with one attached hydrogen (secondary N) is 1. The number of carbonyl (C=O) groups is 2. The molecule has 2 aromatic rings. The molecule has 1 atom stereocenters. The number of hydrogen-bond acceptors (Lipinski definition) is 4. The van der Waals surface area contributed by atoms with Gasteiger partial charge in [0, 0.05) is 10.7 Å². The second-order valence-corrected chi connectivity index (χ2v) is 6.35. The average Bonchev–Trinajstić information content (AvgIpc) is 2.62. The summed E-state index contributed by atoms with van der Waals surface area (Å²) in [4.78, 5) is 24.0. The molecular weight excluding hydrogens is 377 g/mol. The maximum absolute atomic E-state index is 12.0. The van der Waals surface area contributed by atoms with Crippen molar-refractivity contribution in [1.29, 1.82) is 0 Å². The van der Waals surface area contributed by atoms with Crippen LogP contribution in [0.15, 0.2) is 42.5 Å². The third-order valence-corrected chi connectivity index (χ3v) is 4.08. The Balaban J connectivity index is 1.86. The van der Waals surface area contributed by atoms with E-state index in [-0.39, 0.29) is 5.02 Å². The summed E-state index contributed by atoms with van der Waals surface area (Å²) in [5.74, 6) is -0.784. The first-order chi connectivity index (χ1) is 12.4. The summed E-state index contributed by atoms with van der Waals surface area (Å²) in [5.41, 5.74) is 1.70. The Morgan fingerprint density at radius 1 is 1.15 bits per heavy atom. The summed E-state index contributed by atoms with van der Waals surface area (Å²) in [6.45, 7) is 3.10. The van der Waals surface area contributed by atoms with E-state index < -0.39 is 24.6 Å². The second-order valence-electron chi connectivity index (χ2n) is 5.50. The zero-order valence-corrected chi connectivity index (χ0v) is 15.9. The molecule has 0 aliphatic heterocycles. The summed E-state index contributed by atoms with van der Waals surface area (Å²) >= 11 is 11.8. The van der Waals surface area contributed by atoms with E-state index in [4.69, 9.17) is 32.7 Å². The summed E-state index contributed by atoms with van der Waals surface area (Å²) in [6.07, 6.45) is -0.146. The second kappa shape index (κ2) is 9.46. The third kappa shape index (κ3) is 5.64. The fourth-order valence-electron chi connectivity index (χ4n) is 2.20. The first-order valence-electron chi connectivity index (χ1n) is 8.06. The van der Waals surface area contributed by atoms with Crippen LogP contribution in [0.5, 0.6) is 5.75 Å². The summed E-state index contributed by atoms with van der Waals surface area (Å²) < 4.78 is 10.5. The number of rotatable bonds is 7. The molecule has 0 bridgehead atoms. The quantitative estimate of drug-likeness (QED) is 0.700. The number of amides is 1. The van der Waals surface area contributed by atoms with Gasteiger partial charge in [0.25, 0.3) is 5.91 Å². The Morgan fingerprint density at radius 3 is 2.58 bits per heavy atom. The van der Waals surface area contributed by atoms with Crippen LogP contribution in [0.25, 0.3) is 0 Å². The smallest absolute Gasteiger partial charge is 0.347 e. The fraction of sp³-hybridized carbons (Fsp3) is 0.263. The average molecular weight is 396 g/mol. The van der Waals surface area contributed by atoms with Crippen molar-refractivity contribution in [3.8, 4) is 5.75 Å². The lowest BCUT2D eigenvalue weighted by atomic mass is 10.1. The van der Waals surface area contributed by atoms with Gasteiger partial charge in [-0.2, -0.15) is 0 Å². The highest BCUT2D eigenvalue weighted by atomic mass is 35.5. The summed E-state index contributed by atoms with van der Waals surface area (Å²) in [6, 6.07) is 12.1. The zero-order valence-electron chi connectivity index (χ0n) is 14.4. The highest BCUT2D eigenvalue weighted by Gasteiger charge is 2.19. The van der Waals surface area contributed by atoms with E-state index in [0.717, 1.165) is 12.0 Å². The van der Waals surface area contributed by atoms with Crippen LogP contribution in [0, 0.1) is 0 Å². The van der Waals surface area contributed by atoms with Gasteiger partial charge >= 0.3 is 5.97 Å². The molecule has 138 valence electrons. The van der Waals surface area contributed by atoms with Crippen molar-refractivity contribution in [1.82, 2.24) is 0 Å². The van der Waals surface area contributed by atoms with Gasteiger partial charge < -0.3 is 14.8 Å². The maximum atomic E-state index is 12.0. The molecule has 0 saturated carbocycles. The van der Waals surface area contributed by atoms with E-state index in [1.165, 1.54) is 13.0 Å². The molecule has 0 saturated heterocycles. The van der Waals surface area contributed by atoms with Crippen LogP contribution in [0.2, 0.25) is 10.0 Å². The van der Waals surface area contributed by atoms with Crippen molar-refractivity contribution in [3.05, 3.63) is 58.1 Å². The minimum absolute atomic E-state index is 0.283. The Morgan fingerprint density at radius 2 is 1.88 bits per heavy atom. The van der Waals surface area contributed by atoms with Gasteiger partial charge in [-0.15, -0.1) is 0 Å². The summed E-state index contributed by atoms with van der Waals surface area (Å²) in [7, 11) is 0. The highest BCUT2D eigenvalue weighted by Crippen LogP contribution is 2.28. The predicted octanol–water partition coefficient (Wildman–Crippen LogP) is 4.51. The van der Waals surface area contributed by atoms with Crippen LogP contribution in [-0.2, 0) is 20.7 Å². The molecule has 7 heteroatoms. The molecular formula is C19H19Cl2NO4. The van der Waals surface area contributed by atoms with Crippen molar-refractivity contribution < 1.29 is 19.1 Å². The monoisotopic (exact) mass is 395 g/mol. The topological polar surface area (TPSA) is 64.6 Å². The molecule has 0 unspecified atom stereocenters. The van der Waals surface area contributed by atoms with Gasteiger partial charge in [-0.05, 0) is 43.2 Å². The van der Waals surface area contributed by atoms with Crippen LogP contribution in [0.4, 0.5) is 5.69 Å². The van der Waals surface area contributed by atoms with Gasteiger partial charge in [-0.1, -0.05) is 48.3 Å². The lowest BCUT2D eigenvalue weighted by Gasteiger charge is -2.15. The number of halogens is 2. The molecule has 1 amide bonds. The molecule has 0 fully saturated rings. The van der Waals surface area contributed by atoms with Gasteiger partial charge in [-0.3, -0.25) is 4.79 Å². The molecule has 2 aromatic carbocycles. The van der Waals surface area contributed by atoms with Crippen molar-refractivity contribution in [2.24, 2.45) is 0 Å². The predicted molar refractivity (Wildman–Crippen MR) is 102 cm³/mol. The zero-order chi connectivity index (χ0) is 19.1. The number of ether oxygens (including phenoxy) is 2. The minimum Gasteiger partial charge on any atom is -0.477 e. The third-order valence-electron chi connectivity index (χ3n) is 3.55. The molecule has 0 spiro atoms. The van der Waals surface area contributed by atoms with Crippen molar-refractivity contribution >= 4 is 40.8 Å². The first-order valence-corrected chi connectivity index (χ1v) is 8.82. The van der Waals surface area contributed by atoms with Crippen LogP contribution >= 0.6 is 23.2 Å².